The molecule has 0 aromatic heterocycles. The first-order valence-electron chi connectivity index (χ1n) is 5.44. The lowest BCUT2D eigenvalue weighted by molar-refractivity contribution is -0.161. The summed E-state index contributed by atoms with van der Waals surface area (Å²) in [6.07, 6.45) is 0.649. The molecule has 0 aromatic carbocycles. The second-order valence-corrected chi connectivity index (χ2v) is 3.92. The maximum atomic E-state index is 12.2. The van der Waals surface area contributed by atoms with E-state index in [-0.39, 0.29) is 0 Å². The summed E-state index contributed by atoms with van der Waals surface area (Å²) in [6.45, 7) is 9.04. The fourth-order valence-corrected chi connectivity index (χ4v) is 1.08. The van der Waals surface area contributed by atoms with E-state index < -0.39 is 12.5 Å². The highest BCUT2D eigenvalue weighted by Crippen LogP contribution is 2.15. The minimum atomic E-state index is -4.51. The molecule has 0 aromatic rings. The SMILES string of the molecule is C=C(C)/C(C)=C/C(=C\C=CC)C(N)NC(F)(F)F. The molecule has 5 heteroatoms. The van der Waals surface area contributed by atoms with Crippen LogP contribution in [-0.2, 0) is 0 Å². The Bertz CT molecular complexity index is 376. The molecule has 0 aliphatic carbocycles. The molecule has 0 radical (unpaired) electrons. The van der Waals surface area contributed by atoms with Crippen molar-refractivity contribution in [1.82, 2.24) is 5.32 Å². The average molecular weight is 260 g/mol. The van der Waals surface area contributed by atoms with Gasteiger partial charge in [-0.05, 0) is 31.9 Å². The number of rotatable bonds is 5. The molecule has 1 unspecified atom stereocenters. The summed E-state index contributed by atoms with van der Waals surface area (Å²) in [7, 11) is 0. The van der Waals surface area contributed by atoms with Crippen molar-refractivity contribution in [2.45, 2.75) is 33.2 Å². The van der Waals surface area contributed by atoms with Crippen LogP contribution in [-0.4, -0.2) is 12.5 Å². The van der Waals surface area contributed by atoms with Gasteiger partial charge in [-0.25, -0.2) is 5.32 Å². The molecule has 0 saturated carbocycles. The van der Waals surface area contributed by atoms with E-state index in [2.05, 4.69) is 6.58 Å². The zero-order chi connectivity index (χ0) is 14.3. The Morgan fingerprint density at radius 3 is 2.28 bits per heavy atom. The standard InChI is InChI=1S/C13H19F3N2/c1-5-6-7-11(8-10(4)9(2)3)12(17)18-13(14,15)16/h5-8,12,18H,2,17H2,1,3-4H3/b6-5?,10-8+,11-7+. The molecule has 0 saturated heterocycles. The Kier molecular flexibility index (Phi) is 6.65. The van der Waals surface area contributed by atoms with Gasteiger partial charge in [0.25, 0.3) is 0 Å². The first-order chi connectivity index (χ1) is 8.17. The Balaban J connectivity index is 5.14. The lowest BCUT2D eigenvalue weighted by atomic mass is 10.1. The molecule has 0 aliphatic rings. The number of hydrogen-bond acceptors (Lipinski definition) is 2. The van der Waals surface area contributed by atoms with Gasteiger partial charge in [0.2, 0.25) is 0 Å². The zero-order valence-corrected chi connectivity index (χ0v) is 10.8. The van der Waals surface area contributed by atoms with Crippen LogP contribution >= 0.6 is 0 Å². The Hall–Kier alpha value is -1.33. The van der Waals surface area contributed by atoms with Crippen LogP contribution in [0.4, 0.5) is 13.2 Å². The van der Waals surface area contributed by atoms with Crippen molar-refractivity contribution in [2.75, 3.05) is 0 Å². The first kappa shape index (κ1) is 16.7. The maximum Gasteiger partial charge on any atom is 0.458 e. The highest BCUT2D eigenvalue weighted by molar-refractivity contribution is 5.37. The second-order valence-electron chi connectivity index (χ2n) is 3.92. The number of halogens is 3. The molecule has 1 atom stereocenters. The number of allylic oxidation sites excluding steroid dienone is 5. The predicted octanol–water partition coefficient (Wildman–Crippen LogP) is 3.41. The van der Waals surface area contributed by atoms with Crippen LogP contribution in [0.15, 0.2) is 47.6 Å². The van der Waals surface area contributed by atoms with Gasteiger partial charge in [-0.15, -0.1) is 0 Å². The summed E-state index contributed by atoms with van der Waals surface area (Å²) in [5.74, 6) is 0. The molecule has 102 valence electrons. The van der Waals surface area contributed by atoms with Crippen molar-refractivity contribution in [3.63, 3.8) is 0 Å². The largest absolute Gasteiger partial charge is 0.458 e. The topological polar surface area (TPSA) is 38.0 Å². The Morgan fingerprint density at radius 2 is 1.89 bits per heavy atom. The molecule has 0 bridgehead atoms. The molecule has 0 heterocycles. The Morgan fingerprint density at radius 1 is 1.33 bits per heavy atom. The lowest BCUT2D eigenvalue weighted by Gasteiger charge is -2.18. The van der Waals surface area contributed by atoms with E-state index >= 15 is 0 Å². The van der Waals surface area contributed by atoms with Crippen molar-refractivity contribution in [3.05, 3.63) is 47.6 Å². The van der Waals surface area contributed by atoms with Gasteiger partial charge in [0.1, 0.15) is 0 Å². The van der Waals surface area contributed by atoms with E-state index in [1.54, 1.807) is 39.0 Å². The van der Waals surface area contributed by atoms with Gasteiger partial charge in [-0.2, -0.15) is 13.2 Å². The van der Waals surface area contributed by atoms with E-state index in [1.807, 2.05) is 0 Å². The molecule has 0 rings (SSSR count). The Labute approximate surface area is 106 Å². The van der Waals surface area contributed by atoms with Crippen LogP contribution in [0.1, 0.15) is 20.8 Å². The van der Waals surface area contributed by atoms with Gasteiger partial charge in [0.05, 0.1) is 6.17 Å². The van der Waals surface area contributed by atoms with Crippen molar-refractivity contribution in [1.29, 1.82) is 0 Å². The van der Waals surface area contributed by atoms with E-state index in [4.69, 9.17) is 5.73 Å². The van der Waals surface area contributed by atoms with Gasteiger partial charge in [-0.1, -0.05) is 36.5 Å². The van der Waals surface area contributed by atoms with Crippen molar-refractivity contribution < 1.29 is 13.2 Å². The van der Waals surface area contributed by atoms with Gasteiger partial charge >= 0.3 is 6.30 Å². The van der Waals surface area contributed by atoms with Gasteiger partial charge in [0.15, 0.2) is 0 Å². The van der Waals surface area contributed by atoms with E-state index in [0.29, 0.717) is 5.57 Å². The van der Waals surface area contributed by atoms with Crippen LogP contribution in [0.2, 0.25) is 0 Å². The van der Waals surface area contributed by atoms with E-state index in [0.717, 1.165) is 11.1 Å². The zero-order valence-electron chi connectivity index (χ0n) is 10.8. The average Bonchev–Trinajstić information content (AvgIpc) is 2.20. The van der Waals surface area contributed by atoms with Crippen molar-refractivity contribution >= 4 is 0 Å². The molecule has 3 N–H and O–H groups in total. The third kappa shape index (κ3) is 7.09. The van der Waals surface area contributed by atoms with Crippen LogP contribution in [0.3, 0.4) is 0 Å². The van der Waals surface area contributed by atoms with E-state index in [9.17, 15) is 13.2 Å². The van der Waals surface area contributed by atoms with Crippen molar-refractivity contribution in [2.24, 2.45) is 5.73 Å². The third-order valence-corrected chi connectivity index (χ3v) is 2.22. The molecular weight excluding hydrogens is 241 g/mol. The number of nitrogens with two attached hydrogens (primary N) is 1. The van der Waals surface area contributed by atoms with Crippen LogP contribution in [0.25, 0.3) is 0 Å². The van der Waals surface area contributed by atoms with Crippen LogP contribution in [0.5, 0.6) is 0 Å². The molecule has 18 heavy (non-hydrogen) atoms. The number of alkyl halides is 3. The summed E-state index contributed by atoms with van der Waals surface area (Å²) in [4.78, 5) is 0. The summed E-state index contributed by atoms with van der Waals surface area (Å²) >= 11 is 0. The maximum absolute atomic E-state index is 12.2. The van der Waals surface area contributed by atoms with Crippen LogP contribution in [0, 0.1) is 0 Å². The number of hydrogen-bond donors (Lipinski definition) is 2. The van der Waals surface area contributed by atoms with Gasteiger partial charge < -0.3 is 5.73 Å². The quantitative estimate of drug-likeness (QED) is 0.451. The first-order valence-corrected chi connectivity index (χ1v) is 5.44. The molecule has 0 aliphatic heterocycles. The molecular formula is C13H19F3N2. The van der Waals surface area contributed by atoms with E-state index in [1.165, 1.54) is 11.4 Å². The third-order valence-electron chi connectivity index (χ3n) is 2.22. The normalized spacial score (nSPS) is 16.2. The summed E-state index contributed by atoms with van der Waals surface area (Å²) in [5.41, 5.74) is 7.39. The summed E-state index contributed by atoms with van der Waals surface area (Å²) < 4.78 is 36.6. The molecule has 0 spiro atoms. The molecule has 0 amide bonds. The minimum absolute atomic E-state index is 0.339. The minimum Gasteiger partial charge on any atom is -0.312 e. The molecule has 2 nitrogen and oxygen atoms in total. The van der Waals surface area contributed by atoms with Crippen LogP contribution < -0.4 is 11.1 Å². The smallest absolute Gasteiger partial charge is 0.312 e. The molecule has 0 fully saturated rings. The summed E-state index contributed by atoms with van der Waals surface area (Å²) in [5, 5.41) is 1.37. The predicted molar refractivity (Wildman–Crippen MR) is 68.6 cm³/mol. The fourth-order valence-electron chi connectivity index (χ4n) is 1.08. The highest BCUT2D eigenvalue weighted by Gasteiger charge is 2.30. The fraction of sp³-hybridized carbons (Fsp3) is 0.385. The van der Waals surface area contributed by atoms with Gasteiger partial charge in [-0.3, -0.25) is 0 Å². The van der Waals surface area contributed by atoms with Crippen molar-refractivity contribution in [3.8, 4) is 0 Å². The highest BCUT2D eigenvalue weighted by atomic mass is 19.4. The summed E-state index contributed by atoms with van der Waals surface area (Å²) in [6, 6.07) is 0. The monoisotopic (exact) mass is 260 g/mol. The number of nitrogens with one attached hydrogen (secondary N) is 1. The van der Waals surface area contributed by atoms with Gasteiger partial charge in [0, 0.05) is 0 Å². The second kappa shape index (κ2) is 7.18. The lowest BCUT2D eigenvalue weighted by Crippen LogP contribution is -2.47.